The molecule has 0 unspecified atom stereocenters. The molecule has 0 fully saturated rings. The highest BCUT2D eigenvalue weighted by Crippen LogP contribution is 2.37. The third-order valence-corrected chi connectivity index (χ3v) is 2.98. The summed E-state index contributed by atoms with van der Waals surface area (Å²) in [6.07, 6.45) is 0. The van der Waals surface area contributed by atoms with E-state index in [1.54, 1.807) is 6.92 Å². The van der Waals surface area contributed by atoms with Crippen molar-refractivity contribution in [2.24, 2.45) is 0 Å². The normalized spacial score (nSPS) is 10.3. The molecule has 1 aromatic carbocycles. The van der Waals surface area contributed by atoms with Crippen LogP contribution < -0.4 is 9.47 Å². The van der Waals surface area contributed by atoms with Gasteiger partial charge in [-0.25, -0.2) is 4.79 Å². The number of hydrogen-bond acceptors (Lipinski definition) is 6. The number of aryl methyl sites for hydroxylation is 1. The molecule has 0 saturated heterocycles. The van der Waals surface area contributed by atoms with Crippen LogP contribution in [0.5, 0.6) is 11.5 Å². The van der Waals surface area contributed by atoms with Gasteiger partial charge in [0.25, 0.3) is 5.89 Å². The summed E-state index contributed by atoms with van der Waals surface area (Å²) >= 11 is 3.25. The van der Waals surface area contributed by atoms with Gasteiger partial charge in [-0.15, -0.1) is 0 Å². The van der Waals surface area contributed by atoms with Gasteiger partial charge in [0.2, 0.25) is 0 Å². The molecule has 0 radical (unpaired) electrons. The number of ether oxygens (including phenoxy) is 2. The number of hydrogen-bond donors (Lipinski definition) is 1. The van der Waals surface area contributed by atoms with Gasteiger partial charge in [0.05, 0.1) is 17.1 Å². The van der Waals surface area contributed by atoms with Gasteiger partial charge in [-0.1, -0.05) is 5.16 Å². The number of nitrogens with zero attached hydrogens (tertiary/aromatic N) is 2. The fraction of sp³-hybridized carbons (Fsp3) is 0.250. The van der Waals surface area contributed by atoms with Gasteiger partial charge in [-0.05, 0) is 35.0 Å². The molecule has 106 valence electrons. The van der Waals surface area contributed by atoms with E-state index in [1.807, 2.05) is 0 Å². The second kappa shape index (κ2) is 5.91. The summed E-state index contributed by atoms with van der Waals surface area (Å²) in [4.78, 5) is 15.0. The predicted octanol–water partition coefficient (Wildman–Crippen LogP) is 2.43. The van der Waals surface area contributed by atoms with Crippen LogP contribution >= 0.6 is 15.9 Å². The molecule has 20 heavy (non-hydrogen) atoms. The van der Waals surface area contributed by atoms with Crippen molar-refractivity contribution in [1.29, 1.82) is 0 Å². The number of carboxylic acids is 1. The van der Waals surface area contributed by atoms with E-state index in [4.69, 9.17) is 19.1 Å². The van der Waals surface area contributed by atoms with Crippen LogP contribution in [0.25, 0.3) is 0 Å². The Balaban J connectivity index is 2.24. The first-order valence-electron chi connectivity index (χ1n) is 5.54. The molecule has 1 N–H and O–H groups in total. The maximum absolute atomic E-state index is 11.0. The molecule has 0 bridgehead atoms. The first-order valence-corrected chi connectivity index (χ1v) is 6.33. The highest BCUT2D eigenvalue weighted by molar-refractivity contribution is 9.10. The van der Waals surface area contributed by atoms with Gasteiger partial charge >= 0.3 is 5.97 Å². The molecule has 2 rings (SSSR count). The Kier molecular flexibility index (Phi) is 4.23. The molecule has 1 aromatic heterocycles. The van der Waals surface area contributed by atoms with Crippen molar-refractivity contribution >= 4 is 21.9 Å². The predicted molar refractivity (Wildman–Crippen MR) is 71.0 cm³/mol. The van der Waals surface area contributed by atoms with Crippen LogP contribution in [0, 0.1) is 6.92 Å². The lowest BCUT2D eigenvalue weighted by Crippen LogP contribution is -2.02. The molecule has 2 aromatic rings. The zero-order valence-corrected chi connectivity index (χ0v) is 12.3. The molecule has 7 nitrogen and oxygen atoms in total. The Labute approximate surface area is 122 Å². The van der Waals surface area contributed by atoms with Crippen LogP contribution in [0.1, 0.15) is 22.1 Å². The van der Waals surface area contributed by atoms with E-state index in [2.05, 4.69) is 26.1 Å². The number of halogens is 1. The summed E-state index contributed by atoms with van der Waals surface area (Å²) in [6.45, 7) is 1.76. The van der Waals surface area contributed by atoms with Crippen molar-refractivity contribution in [3.63, 3.8) is 0 Å². The number of rotatable bonds is 5. The third-order valence-electron chi connectivity index (χ3n) is 2.39. The maximum Gasteiger partial charge on any atom is 0.335 e. The fourth-order valence-corrected chi connectivity index (χ4v) is 2.07. The van der Waals surface area contributed by atoms with Crippen LogP contribution in [-0.4, -0.2) is 28.3 Å². The van der Waals surface area contributed by atoms with E-state index < -0.39 is 5.97 Å². The highest BCUT2D eigenvalue weighted by Gasteiger charge is 2.16. The van der Waals surface area contributed by atoms with E-state index in [9.17, 15) is 4.79 Å². The molecule has 0 amide bonds. The SMILES string of the molecule is COc1cc(C(=O)O)cc(Br)c1OCc1nc(C)no1. The lowest BCUT2D eigenvalue weighted by atomic mass is 10.2. The van der Waals surface area contributed by atoms with E-state index >= 15 is 0 Å². The lowest BCUT2D eigenvalue weighted by molar-refractivity contribution is 0.0696. The van der Waals surface area contributed by atoms with Crippen LogP contribution in [0.15, 0.2) is 21.1 Å². The number of benzene rings is 1. The fourth-order valence-electron chi connectivity index (χ4n) is 1.52. The minimum absolute atomic E-state index is 0.0578. The molecule has 0 aliphatic carbocycles. The van der Waals surface area contributed by atoms with Crippen LogP contribution in [0.4, 0.5) is 0 Å². The zero-order valence-electron chi connectivity index (χ0n) is 10.7. The number of methoxy groups -OCH3 is 1. The summed E-state index contributed by atoms with van der Waals surface area (Å²) < 4.78 is 16.0. The molecule has 0 atom stereocenters. The monoisotopic (exact) mass is 342 g/mol. The molecular weight excluding hydrogens is 332 g/mol. The number of carboxylic acid groups (broad SMARTS) is 1. The quantitative estimate of drug-likeness (QED) is 0.891. The van der Waals surface area contributed by atoms with E-state index in [0.717, 1.165) is 0 Å². The standard InChI is InChI=1S/C12H11BrN2O5/c1-6-14-10(20-15-6)5-19-11-8(13)3-7(12(16)17)4-9(11)18-2/h3-4H,5H2,1-2H3,(H,16,17). The van der Waals surface area contributed by atoms with Crippen molar-refractivity contribution in [3.8, 4) is 11.5 Å². The Bertz CT molecular complexity index is 641. The molecular formula is C12H11BrN2O5. The van der Waals surface area contributed by atoms with E-state index in [1.165, 1.54) is 19.2 Å². The molecule has 0 spiro atoms. The molecule has 0 saturated carbocycles. The van der Waals surface area contributed by atoms with Gasteiger partial charge in [-0.2, -0.15) is 4.98 Å². The van der Waals surface area contributed by atoms with Crippen molar-refractivity contribution in [1.82, 2.24) is 10.1 Å². The van der Waals surface area contributed by atoms with Crippen molar-refractivity contribution in [2.45, 2.75) is 13.5 Å². The van der Waals surface area contributed by atoms with Crippen molar-refractivity contribution in [2.75, 3.05) is 7.11 Å². The first-order chi connectivity index (χ1) is 9.51. The molecule has 8 heteroatoms. The maximum atomic E-state index is 11.0. The number of aromatic nitrogens is 2. The minimum Gasteiger partial charge on any atom is -0.493 e. The average Bonchev–Trinajstić information content (AvgIpc) is 2.82. The molecule has 0 aliphatic heterocycles. The Hall–Kier alpha value is -2.09. The summed E-state index contributed by atoms with van der Waals surface area (Å²) in [7, 11) is 1.43. The van der Waals surface area contributed by atoms with Gasteiger partial charge in [0.15, 0.2) is 23.9 Å². The highest BCUT2D eigenvalue weighted by atomic mass is 79.9. The van der Waals surface area contributed by atoms with E-state index in [0.29, 0.717) is 27.7 Å². The van der Waals surface area contributed by atoms with Crippen molar-refractivity contribution < 1.29 is 23.9 Å². The van der Waals surface area contributed by atoms with E-state index in [-0.39, 0.29) is 12.2 Å². The largest absolute Gasteiger partial charge is 0.493 e. The second-order valence-electron chi connectivity index (χ2n) is 3.82. The smallest absolute Gasteiger partial charge is 0.335 e. The molecule has 0 aliphatic rings. The van der Waals surface area contributed by atoms with Crippen LogP contribution in [0.2, 0.25) is 0 Å². The lowest BCUT2D eigenvalue weighted by Gasteiger charge is -2.12. The van der Waals surface area contributed by atoms with Gasteiger partial charge in [0.1, 0.15) is 0 Å². The Morgan fingerprint density at radius 2 is 2.25 bits per heavy atom. The summed E-state index contributed by atoms with van der Waals surface area (Å²) in [5.74, 6) is 0.444. The topological polar surface area (TPSA) is 94.7 Å². The third kappa shape index (κ3) is 3.08. The average molecular weight is 343 g/mol. The minimum atomic E-state index is -1.05. The van der Waals surface area contributed by atoms with Gasteiger partial charge < -0.3 is 19.1 Å². The summed E-state index contributed by atoms with van der Waals surface area (Å²) in [5.41, 5.74) is 0.0923. The first kappa shape index (κ1) is 14.3. The van der Waals surface area contributed by atoms with Gasteiger partial charge in [-0.3, -0.25) is 0 Å². The summed E-state index contributed by atoms with van der Waals surface area (Å²) in [6, 6.07) is 2.81. The Morgan fingerprint density at radius 1 is 1.50 bits per heavy atom. The number of aromatic carboxylic acids is 1. The summed E-state index contributed by atoms with van der Waals surface area (Å²) in [5, 5.41) is 12.6. The number of carbonyl (C=O) groups is 1. The molecule has 1 heterocycles. The van der Waals surface area contributed by atoms with Crippen LogP contribution in [0.3, 0.4) is 0 Å². The van der Waals surface area contributed by atoms with Crippen LogP contribution in [-0.2, 0) is 6.61 Å². The van der Waals surface area contributed by atoms with Gasteiger partial charge in [0, 0.05) is 0 Å². The second-order valence-corrected chi connectivity index (χ2v) is 4.67. The zero-order chi connectivity index (χ0) is 14.7. The Morgan fingerprint density at radius 3 is 2.80 bits per heavy atom. The van der Waals surface area contributed by atoms with Crippen molar-refractivity contribution in [3.05, 3.63) is 33.9 Å².